The summed E-state index contributed by atoms with van der Waals surface area (Å²) in [4.78, 5) is 4.24. The molecule has 1 aromatic heterocycles. The number of aliphatic hydroxyl groups is 1. The lowest BCUT2D eigenvalue weighted by atomic mass is 10.2. The van der Waals surface area contributed by atoms with E-state index in [1.807, 2.05) is 6.26 Å². The summed E-state index contributed by atoms with van der Waals surface area (Å²) in [7, 11) is 0. The fourth-order valence-corrected chi connectivity index (χ4v) is 1.88. The number of nitrogens with one attached hydrogen (secondary N) is 1. The Balaban J connectivity index is 2.02. The quantitative estimate of drug-likeness (QED) is 0.757. The van der Waals surface area contributed by atoms with Crippen molar-refractivity contribution in [3.8, 4) is 0 Å². The van der Waals surface area contributed by atoms with Crippen molar-refractivity contribution in [1.82, 2.24) is 15.5 Å². The Morgan fingerprint density at radius 1 is 1.71 bits per heavy atom. The van der Waals surface area contributed by atoms with Gasteiger partial charge in [0.2, 0.25) is 5.89 Å². The Bertz CT molecular complexity index is 305. The summed E-state index contributed by atoms with van der Waals surface area (Å²) in [5.41, 5.74) is 0. The Kier molecular flexibility index (Phi) is 3.05. The maximum Gasteiger partial charge on any atom is 0.243 e. The average molecular weight is 215 g/mol. The van der Waals surface area contributed by atoms with Gasteiger partial charge >= 0.3 is 0 Å². The van der Waals surface area contributed by atoms with Crippen molar-refractivity contribution in [2.24, 2.45) is 0 Å². The molecule has 0 aromatic carbocycles. The number of β-amino-alcohol motifs (C(OH)–C–C–N with tert-alkyl or cyclic N) is 1. The molecule has 2 N–H and O–H groups in total. The molecule has 0 radical (unpaired) electrons. The first-order chi connectivity index (χ1) is 6.79. The Hall–Kier alpha value is -0.590. The van der Waals surface area contributed by atoms with Crippen molar-refractivity contribution in [1.29, 1.82) is 0 Å². The van der Waals surface area contributed by atoms with Crippen molar-refractivity contribution >= 4 is 11.8 Å². The molecule has 0 saturated carbocycles. The lowest BCUT2D eigenvalue weighted by molar-refractivity contribution is 0.191. The van der Waals surface area contributed by atoms with Gasteiger partial charge in [0, 0.05) is 6.54 Å². The van der Waals surface area contributed by atoms with E-state index in [2.05, 4.69) is 15.5 Å². The molecule has 14 heavy (non-hydrogen) atoms. The molecule has 2 heterocycles. The van der Waals surface area contributed by atoms with Crippen LogP contribution >= 0.6 is 11.8 Å². The van der Waals surface area contributed by atoms with Crippen LogP contribution in [0.4, 0.5) is 0 Å². The molecule has 0 aliphatic carbocycles. The zero-order valence-electron chi connectivity index (χ0n) is 7.93. The van der Waals surface area contributed by atoms with Crippen molar-refractivity contribution in [3.63, 3.8) is 0 Å². The molecule has 0 amide bonds. The van der Waals surface area contributed by atoms with E-state index in [0.29, 0.717) is 18.9 Å². The van der Waals surface area contributed by atoms with Crippen molar-refractivity contribution < 1.29 is 9.63 Å². The summed E-state index contributed by atoms with van der Waals surface area (Å²) in [5, 5.41) is 16.3. The second-order valence-electron chi connectivity index (χ2n) is 3.33. The molecule has 1 fully saturated rings. The third kappa shape index (κ3) is 2.08. The van der Waals surface area contributed by atoms with Crippen LogP contribution < -0.4 is 5.32 Å². The van der Waals surface area contributed by atoms with E-state index in [9.17, 15) is 5.11 Å². The normalized spacial score (nSPS) is 27.0. The highest BCUT2D eigenvalue weighted by Gasteiger charge is 2.27. The summed E-state index contributed by atoms with van der Waals surface area (Å²) in [6.45, 7) is 0.602. The second kappa shape index (κ2) is 4.29. The first-order valence-corrected chi connectivity index (χ1v) is 5.92. The molecule has 1 aliphatic heterocycles. The first kappa shape index (κ1) is 9.95. The van der Waals surface area contributed by atoms with Gasteiger partial charge in [0.15, 0.2) is 5.82 Å². The van der Waals surface area contributed by atoms with Crippen LogP contribution in [0.5, 0.6) is 0 Å². The minimum Gasteiger partial charge on any atom is -0.392 e. The SMILES string of the molecule is CSCc1noc(C2CC(O)CN2)n1. The Morgan fingerprint density at radius 3 is 3.21 bits per heavy atom. The summed E-state index contributed by atoms with van der Waals surface area (Å²) in [5.74, 6) is 2.07. The van der Waals surface area contributed by atoms with Gasteiger partial charge in [0.1, 0.15) is 0 Å². The van der Waals surface area contributed by atoms with E-state index in [1.54, 1.807) is 11.8 Å². The summed E-state index contributed by atoms with van der Waals surface area (Å²) >= 11 is 1.66. The van der Waals surface area contributed by atoms with Gasteiger partial charge in [-0.25, -0.2) is 0 Å². The van der Waals surface area contributed by atoms with E-state index >= 15 is 0 Å². The van der Waals surface area contributed by atoms with Gasteiger partial charge in [-0.05, 0) is 12.7 Å². The summed E-state index contributed by atoms with van der Waals surface area (Å²) in [6, 6.07) is 0.0214. The van der Waals surface area contributed by atoms with Gasteiger partial charge in [0.05, 0.1) is 17.9 Å². The Labute approximate surface area is 86.3 Å². The summed E-state index contributed by atoms with van der Waals surface area (Å²) < 4.78 is 5.10. The lowest BCUT2D eigenvalue weighted by Gasteiger charge is -2.01. The highest BCUT2D eigenvalue weighted by atomic mass is 32.2. The zero-order valence-corrected chi connectivity index (χ0v) is 8.75. The lowest BCUT2D eigenvalue weighted by Crippen LogP contribution is -2.15. The largest absolute Gasteiger partial charge is 0.392 e. The number of aliphatic hydroxyl groups excluding tert-OH is 1. The van der Waals surface area contributed by atoms with Crippen LogP contribution in [0.2, 0.25) is 0 Å². The molecule has 78 valence electrons. The predicted molar refractivity (Wildman–Crippen MR) is 52.9 cm³/mol. The van der Waals surface area contributed by atoms with E-state index in [-0.39, 0.29) is 12.1 Å². The molecule has 1 aliphatic rings. The fraction of sp³-hybridized carbons (Fsp3) is 0.750. The van der Waals surface area contributed by atoms with Crippen molar-refractivity contribution in [3.05, 3.63) is 11.7 Å². The molecule has 1 aromatic rings. The van der Waals surface area contributed by atoms with Gasteiger partial charge in [-0.15, -0.1) is 0 Å². The number of thioether (sulfide) groups is 1. The first-order valence-electron chi connectivity index (χ1n) is 4.52. The van der Waals surface area contributed by atoms with Gasteiger partial charge in [0.25, 0.3) is 0 Å². The maximum atomic E-state index is 9.31. The minimum absolute atomic E-state index is 0.0214. The Morgan fingerprint density at radius 2 is 2.57 bits per heavy atom. The summed E-state index contributed by atoms with van der Waals surface area (Å²) in [6.07, 6.45) is 2.35. The van der Waals surface area contributed by atoms with E-state index in [1.165, 1.54) is 0 Å². The monoisotopic (exact) mass is 215 g/mol. The van der Waals surface area contributed by atoms with Gasteiger partial charge in [-0.3, -0.25) is 0 Å². The van der Waals surface area contributed by atoms with Gasteiger partial charge < -0.3 is 14.9 Å². The maximum absolute atomic E-state index is 9.31. The standard InChI is InChI=1S/C8H13N3O2S/c1-14-4-7-10-8(13-11-7)6-2-5(12)3-9-6/h5-6,9,12H,2-4H2,1H3. The van der Waals surface area contributed by atoms with Crippen LogP contribution in [-0.4, -0.2) is 34.2 Å². The highest BCUT2D eigenvalue weighted by Crippen LogP contribution is 2.22. The van der Waals surface area contributed by atoms with Crippen LogP contribution in [-0.2, 0) is 5.75 Å². The number of hydrogen-bond acceptors (Lipinski definition) is 6. The van der Waals surface area contributed by atoms with E-state index in [0.717, 1.165) is 11.6 Å². The van der Waals surface area contributed by atoms with E-state index < -0.39 is 0 Å². The second-order valence-corrected chi connectivity index (χ2v) is 4.20. The minimum atomic E-state index is -0.295. The van der Waals surface area contributed by atoms with Crippen LogP contribution in [0.15, 0.2) is 4.52 Å². The zero-order chi connectivity index (χ0) is 9.97. The number of aromatic nitrogens is 2. The van der Waals surface area contributed by atoms with Gasteiger partial charge in [-0.2, -0.15) is 16.7 Å². The molecular weight excluding hydrogens is 202 g/mol. The molecule has 2 unspecified atom stereocenters. The molecule has 1 saturated heterocycles. The number of hydrogen-bond donors (Lipinski definition) is 2. The molecule has 2 atom stereocenters. The van der Waals surface area contributed by atoms with E-state index in [4.69, 9.17) is 4.52 Å². The van der Waals surface area contributed by atoms with Crippen LogP contribution in [0, 0.1) is 0 Å². The molecular formula is C8H13N3O2S. The van der Waals surface area contributed by atoms with Gasteiger partial charge in [-0.1, -0.05) is 5.16 Å². The molecule has 6 heteroatoms. The topological polar surface area (TPSA) is 71.2 Å². The fourth-order valence-electron chi connectivity index (χ4n) is 1.50. The predicted octanol–water partition coefficient (Wildman–Crippen LogP) is 0.328. The van der Waals surface area contributed by atoms with Crippen LogP contribution in [0.1, 0.15) is 24.2 Å². The third-order valence-corrected chi connectivity index (χ3v) is 2.71. The average Bonchev–Trinajstić information content (AvgIpc) is 2.74. The number of rotatable bonds is 3. The van der Waals surface area contributed by atoms with Crippen LogP contribution in [0.25, 0.3) is 0 Å². The molecule has 0 bridgehead atoms. The highest BCUT2D eigenvalue weighted by molar-refractivity contribution is 7.97. The number of nitrogens with zero attached hydrogens (tertiary/aromatic N) is 2. The molecule has 5 nitrogen and oxygen atoms in total. The molecule has 0 spiro atoms. The van der Waals surface area contributed by atoms with Crippen LogP contribution in [0.3, 0.4) is 0 Å². The van der Waals surface area contributed by atoms with Crippen molar-refractivity contribution in [2.75, 3.05) is 12.8 Å². The third-order valence-electron chi connectivity index (χ3n) is 2.16. The smallest absolute Gasteiger partial charge is 0.243 e. The van der Waals surface area contributed by atoms with Crippen molar-refractivity contribution in [2.45, 2.75) is 24.3 Å². The molecule has 2 rings (SSSR count).